The van der Waals surface area contributed by atoms with Crippen LogP contribution in [0.4, 0.5) is 5.82 Å². The van der Waals surface area contributed by atoms with E-state index >= 15 is 0 Å². The van der Waals surface area contributed by atoms with Crippen molar-refractivity contribution in [2.75, 3.05) is 5.73 Å². The van der Waals surface area contributed by atoms with E-state index in [1.807, 2.05) is 6.07 Å². The molecule has 1 aliphatic carbocycles. The van der Waals surface area contributed by atoms with Crippen molar-refractivity contribution in [3.05, 3.63) is 59.3 Å². The highest BCUT2D eigenvalue weighted by atomic mass is 14.8. The fraction of sp³-hybridized carbons (Fsp3) is 0.312. The summed E-state index contributed by atoms with van der Waals surface area (Å²) in [5, 5.41) is 0. The summed E-state index contributed by atoms with van der Waals surface area (Å²) in [5.41, 5.74) is 9.97. The zero-order valence-corrected chi connectivity index (χ0v) is 10.5. The van der Waals surface area contributed by atoms with Gasteiger partial charge in [0.15, 0.2) is 0 Å². The minimum absolute atomic E-state index is 0.654. The van der Waals surface area contributed by atoms with Crippen molar-refractivity contribution in [3.8, 4) is 0 Å². The molecule has 0 spiro atoms. The van der Waals surface area contributed by atoms with Gasteiger partial charge in [0.1, 0.15) is 5.82 Å². The lowest BCUT2D eigenvalue weighted by atomic mass is 9.77. The Balaban J connectivity index is 1.90. The van der Waals surface area contributed by atoms with Crippen LogP contribution in [-0.4, -0.2) is 4.98 Å². The summed E-state index contributed by atoms with van der Waals surface area (Å²) >= 11 is 0. The molecule has 2 nitrogen and oxygen atoms in total. The van der Waals surface area contributed by atoms with Gasteiger partial charge in [0.05, 0.1) is 0 Å². The summed E-state index contributed by atoms with van der Waals surface area (Å²) in [7, 11) is 0. The van der Waals surface area contributed by atoms with E-state index < -0.39 is 0 Å². The second kappa shape index (κ2) is 4.81. The molecule has 0 aliphatic heterocycles. The molecule has 0 saturated heterocycles. The van der Waals surface area contributed by atoms with Crippen LogP contribution in [0.2, 0.25) is 0 Å². The van der Waals surface area contributed by atoms with Crippen LogP contribution in [0.3, 0.4) is 0 Å². The van der Waals surface area contributed by atoms with E-state index in [2.05, 4.69) is 35.3 Å². The minimum Gasteiger partial charge on any atom is -0.383 e. The molecule has 1 saturated carbocycles. The fourth-order valence-electron chi connectivity index (χ4n) is 2.62. The van der Waals surface area contributed by atoms with Crippen molar-refractivity contribution in [2.24, 2.45) is 0 Å². The molecule has 0 radical (unpaired) electrons. The number of pyridine rings is 1. The van der Waals surface area contributed by atoms with Crippen LogP contribution in [0.5, 0.6) is 0 Å². The van der Waals surface area contributed by atoms with Crippen molar-refractivity contribution in [3.63, 3.8) is 0 Å². The van der Waals surface area contributed by atoms with Gasteiger partial charge in [-0.1, -0.05) is 36.8 Å². The molecule has 1 heterocycles. The Labute approximate surface area is 108 Å². The van der Waals surface area contributed by atoms with Crippen LogP contribution >= 0.6 is 0 Å². The van der Waals surface area contributed by atoms with E-state index in [-0.39, 0.29) is 0 Å². The SMILES string of the molecule is Nc1ncccc1Cc1ccccc1C1CCC1. The number of nitrogen functional groups attached to an aromatic ring is 1. The third-order valence-corrected chi connectivity index (χ3v) is 3.91. The summed E-state index contributed by atoms with van der Waals surface area (Å²) in [5.74, 6) is 1.42. The van der Waals surface area contributed by atoms with Crippen LogP contribution < -0.4 is 5.73 Å². The zero-order chi connectivity index (χ0) is 12.4. The highest BCUT2D eigenvalue weighted by Gasteiger charge is 2.21. The lowest BCUT2D eigenvalue weighted by molar-refractivity contribution is 0.417. The van der Waals surface area contributed by atoms with Gasteiger partial charge in [-0.2, -0.15) is 0 Å². The molecule has 0 amide bonds. The Hall–Kier alpha value is -1.83. The second-order valence-corrected chi connectivity index (χ2v) is 5.05. The van der Waals surface area contributed by atoms with Gasteiger partial charge in [0.2, 0.25) is 0 Å². The molecular formula is C16H18N2. The van der Waals surface area contributed by atoms with Gasteiger partial charge in [-0.05, 0) is 41.5 Å². The molecule has 2 N–H and O–H groups in total. The normalized spacial score (nSPS) is 15.3. The highest BCUT2D eigenvalue weighted by Crippen LogP contribution is 2.38. The predicted octanol–water partition coefficient (Wildman–Crippen LogP) is 3.52. The quantitative estimate of drug-likeness (QED) is 0.888. The number of rotatable bonds is 3. The third kappa shape index (κ3) is 2.10. The van der Waals surface area contributed by atoms with Gasteiger partial charge in [0, 0.05) is 12.6 Å². The van der Waals surface area contributed by atoms with E-state index in [1.54, 1.807) is 6.20 Å². The Kier molecular flexibility index (Phi) is 3.01. The minimum atomic E-state index is 0.654. The summed E-state index contributed by atoms with van der Waals surface area (Å²) < 4.78 is 0. The molecule has 1 aromatic heterocycles. The summed E-state index contributed by atoms with van der Waals surface area (Å²) in [6.45, 7) is 0. The second-order valence-electron chi connectivity index (χ2n) is 5.05. The van der Waals surface area contributed by atoms with Gasteiger partial charge in [-0.25, -0.2) is 4.98 Å². The van der Waals surface area contributed by atoms with Crippen molar-refractivity contribution in [1.82, 2.24) is 4.98 Å². The fourth-order valence-corrected chi connectivity index (χ4v) is 2.62. The largest absolute Gasteiger partial charge is 0.383 e. The molecular weight excluding hydrogens is 220 g/mol. The number of hydrogen-bond donors (Lipinski definition) is 1. The van der Waals surface area contributed by atoms with Crippen LogP contribution in [0.25, 0.3) is 0 Å². The summed E-state index contributed by atoms with van der Waals surface area (Å²) in [4.78, 5) is 4.16. The number of hydrogen-bond acceptors (Lipinski definition) is 2. The molecule has 0 bridgehead atoms. The number of nitrogens with zero attached hydrogens (tertiary/aromatic N) is 1. The molecule has 0 atom stereocenters. The monoisotopic (exact) mass is 238 g/mol. The molecule has 2 heteroatoms. The number of anilines is 1. The number of nitrogens with two attached hydrogens (primary N) is 1. The molecule has 3 rings (SSSR count). The smallest absolute Gasteiger partial charge is 0.126 e. The average Bonchev–Trinajstić information content (AvgIpc) is 2.32. The molecule has 2 aromatic rings. The average molecular weight is 238 g/mol. The summed E-state index contributed by atoms with van der Waals surface area (Å²) in [6, 6.07) is 12.8. The lowest BCUT2D eigenvalue weighted by Crippen LogP contribution is -2.11. The van der Waals surface area contributed by atoms with Crippen molar-refractivity contribution in [2.45, 2.75) is 31.6 Å². The molecule has 1 fully saturated rings. The molecule has 1 aromatic carbocycles. The number of aromatic nitrogens is 1. The van der Waals surface area contributed by atoms with E-state index in [0.29, 0.717) is 5.82 Å². The van der Waals surface area contributed by atoms with E-state index in [4.69, 9.17) is 5.73 Å². The van der Waals surface area contributed by atoms with E-state index in [0.717, 1.165) is 17.9 Å². The van der Waals surface area contributed by atoms with Gasteiger partial charge < -0.3 is 5.73 Å². The molecule has 1 aliphatic rings. The van der Waals surface area contributed by atoms with Crippen LogP contribution in [0.1, 0.15) is 41.9 Å². The van der Waals surface area contributed by atoms with Gasteiger partial charge >= 0.3 is 0 Å². The number of benzene rings is 1. The Bertz CT molecular complexity index is 544. The standard InChI is InChI=1S/C16H18N2/c17-16-14(8-4-10-18-16)11-13-5-1-2-9-15(13)12-6-3-7-12/h1-2,4-5,8-10,12H,3,6-7,11H2,(H2,17,18). The maximum absolute atomic E-state index is 5.93. The Morgan fingerprint density at radius 3 is 2.56 bits per heavy atom. The van der Waals surface area contributed by atoms with Gasteiger partial charge in [-0.3, -0.25) is 0 Å². The van der Waals surface area contributed by atoms with Crippen molar-refractivity contribution >= 4 is 5.82 Å². The third-order valence-electron chi connectivity index (χ3n) is 3.91. The van der Waals surface area contributed by atoms with Gasteiger partial charge in [-0.15, -0.1) is 0 Å². The van der Waals surface area contributed by atoms with E-state index in [9.17, 15) is 0 Å². The van der Waals surface area contributed by atoms with Crippen LogP contribution in [0.15, 0.2) is 42.6 Å². The predicted molar refractivity (Wildman–Crippen MR) is 74.5 cm³/mol. The van der Waals surface area contributed by atoms with Crippen LogP contribution in [0, 0.1) is 0 Å². The molecule has 0 unspecified atom stereocenters. The van der Waals surface area contributed by atoms with Gasteiger partial charge in [0.25, 0.3) is 0 Å². The summed E-state index contributed by atoms with van der Waals surface area (Å²) in [6.07, 6.45) is 6.68. The van der Waals surface area contributed by atoms with Crippen LogP contribution in [-0.2, 0) is 6.42 Å². The first-order valence-corrected chi connectivity index (χ1v) is 6.62. The molecule has 18 heavy (non-hydrogen) atoms. The van der Waals surface area contributed by atoms with Crippen molar-refractivity contribution in [1.29, 1.82) is 0 Å². The Morgan fingerprint density at radius 1 is 1.06 bits per heavy atom. The Morgan fingerprint density at radius 2 is 1.83 bits per heavy atom. The van der Waals surface area contributed by atoms with Crippen molar-refractivity contribution < 1.29 is 0 Å². The highest BCUT2D eigenvalue weighted by molar-refractivity contribution is 5.44. The first-order valence-electron chi connectivity index (χ1n) is 6.62. The molecule has 92 valence electrons. The first-order chi connectivity index (χ1) is 8.84. The first kappa shape index (κ1) is 11.3. The topological polar surface area (TPSA) is 38.9 Å². The van der Waals surface area contributed by atoms with E-state index in [1.165, 1.54) is 30.4 Å². The maximum Gasteiger partial charge on any atom is 0.126 e. The maximum atomic E-state index is 5.93. The lowest BCUT2D eigenvalue weighted by Gasteiger charge is -2.28. The zero-order valence-electron chi connectivity index (χ0n) is 10.5.